The number of carbonyl (C=O) groups is 1. The van der Waals surface area contributed by atoms with Gasteiger partial charge in [0.25, 0.3) is 0 Å². The molecule has 0 bridgehead atoms. The molecule has 2 aromatic carbocycles. The predicted octanol–water partition coefficient (Wildman–Crippen LogP) is 5.04. The summed E-state index contributed by atoms with van der Waals surface area (Å²) in [7, 11) is 1.48. The van der Waals surface area contributed by atoms with Crippen molar-refractivity contribution in [3.8, 4) is 0 Å². The average molecular weight is 367 g/mol. The van der Waals surface area contributed by atoms with Gasteiger partial charge >= 0.3 is 5.97 Å². The number of benzene rings is 2. The van der Waals surface area contributed by atoms with Gasteiger partial charge in [0.05, 0.1) is 25.7 Å². The van der Waals surface area contributed by atoms with Crippen molar-refractivity contribution in [2.75, 3.05) is 7.11 Å². The van der Waals surface area contributed by atoms with Crippen LogP contribution in [-0.2, 0) is 27.3 Å². The zero-order valence-corrected chi connectivity index (χ0v) is 16.3. The summed E-state index contributed by atoms with van der Waals surface area (Å²) < 4.78 is 11.5. The molecule has 0 spiro atoms. The van der Waals surface area contributed by atoms with Crippen LogP contribution < -0.4 is 0 Å². The third-order valence-corrected chi connectivity index (χ3v) is 5.90. The van der Waals surface area contributed by atoms with Gasteiger partial charge in [-0.2, -0.15) is 0 Å². The van der Waals surface area contributed by atoms with Crippen molar-refractivity contribution < 1.29 is 14.3 Å². The molecule has 27 heavy (non-hydrogen) atoms. The number of carbonyl (C=O) groups excluding carboxylic acids is 1. The second-order valence-electron chi connectivity index (χ2n) is 7.60. The highest BCUT2D eigenvalue weighted by atomic mass is 16.5. The van der Waals surface area contributed by atoms with Gasteiger partial charge in [-0.3, -0.25) is 4.79 Å². The molecule has 1 aliphatic rings. The molecule has 1 fully saturated rings. The maximum Gasteiger partial charge on any atom is 0.308 e. The SMILES string of the molecule is COC(=O)[C@H](C)[C@H]1CCC[C@H]1[C@H](Cc1ccccc1)OCc1ccccc1. The lowest BCUT2D eigenvalue weighted by Gasteiger charge is -2.31. The number of esters is 1. The van der Waals surface area contributed by atoms with Crippen LogP contribution in [-0.4, -0.2) is 19.2 Å². The second kappa shape index (κ2) is 9.70. The van der Waals surface area contributed by atoms with Gasteiger partial charge in [-0.1, -0.05) is 74.0 Å². The van der Waals surface area contributed by atoms with Gasteiger partial charge in [-0.05, 0) is 42.2 Å². The summed E-state index contributed by atoms with van der Waals surface area (Å²) in [4.78, 5) is 12.1. The Morgan fingerprint density at radius 2 is 1.56 bits per heavy atom. The first-order valence-corrected chi connectivity index (χ1v) is 9.96. The van der Waals surface area contributed by atoms with E-state index in [1.54, 1.807) is 0 Å². The Hall–Kier alpha value is -2.13. The molecular weight excluding hydrogens is 336 g/mol. The van der Waals surface area contributed by atoms with E-state index in [2.05, 4.69) is 36.4 Å². The standard InChI is InChI=1S/C24H30O3/c1-18(24(25)26-2)21-14-9-15-22(21)23(16-19-10-5-3-6-11-19)27-17-20-12-7-4-8-13-20/h3-8,10-13,18,21-23H,9,14-17H2,1-2H3/t18-,21-,22-,23+/m1/s1. The lowest BCUT2D eigenvalue weighted by atomic mass is 9.80. The second-order valence-corrected chi connectivity index (χ2v) is 7.60. The summed E-state index contributed by atoms with van der Waals surface area (Å²) in [6, 6.07) is 20.8. The van der Waals surface area contributed by atoms with Gasteiger partial charge in [0.2, 0.25) is 0 Å². The summed E-state index contributed by atoms with van der Waals surface area (Å²) in [5, 5.41) is 0. The first kappa shape index (κ1) is 19.6. The van der Waals surface area contributed by atoms with E-state index in [0.717, 1.165) is 25.7 Å². The number of rotatable bonds is 8. The van der Waals surface area contributed by atoms with E-state index in [-0.39, 0.29) is 18.0 Å². The molecule has 2 aromatic rings. The minimum Gasteiger partial charge on any atom is -0.469 e. The molecule has 0 amide bonds. The Morgan fingerprint density at radius 3 is 2.19 bits per heavy atom. The molecule has 0 aromatic heterocycles. The molecule has 3 nitrogen and oxygen atoms in total. The van der Waals surface area contributed by atoms with Gasteiger partial charge in [0, 0.05) is 0 Å². The van der Waals surface area contributed by atoms with Crippen molar-refractivity contribution in [3.63, 3.8) is 0 Å². The van der Waals surface area contributed by atoms with Crippen molar-refractivity contribution in [2.24, 2.45) is 17.8 Å². The molecule has 0 saturated heterocycles. The summed E-state index contributed by atoms with van der Waals surface area (Å²) >= 11 is 0. The number of methoxy groups -OCH3 is 1. The highest BCUT2D eigenvalue weighted by Crippen LogP contribution is 2.41. The quantitative estimate of drug-likeness (QED) is 0.614. The Morgan fingerprint density at radius 1 is 0.963 bits per heavy atom. The van der Waals surface area contributed by atoms with E-state index < -0.39 is 0 Å². The van der Waals surface area contributed by atoms with Crippen LogP contribution in [0.1, 0.15) is 37.3 Å². The highest BCUT2D eigenvalue weighted by Gasteiger charge is 2.40. The predicted molar refractivity (Wildman–Crippen MR) is 107 cm³/mol. The van der Waals surface area contributed by atoms with Crippen LogP contribution in [0.15, 0.2) is 60.7 Å². The average Bonchev–Trinajstić information content (AvgIpc) is 3.21. The van der Waals surface area contributed by atoms with Gasteiger partial charge < -0.3 is 9.47 Å². The summed E-state index contributed by atoms with van der Waals surface area (Å²) in [5.41, 5.74) is 2.47. The van der Waals surface area contributed by atoms with E-state index in [9.17, 15) is 4.79 Å². The number of ether oxygens (including phenoxy) is 2. The van der Waals surface area contributed by atoms with Crippen LogP contribution in [0.2, 0.25) is 0 Å². The van der Waals surface area contributed by atoms with Crippen LogP contribution in [0, 0.1) is 17.8 Å². The van der Waals surface area contributed by atoms with E-state index in [1.165, 1.54) is 18.2 Å². The lowest BCUT2D eigenvalue weighted by molar-refractivity contribution is -0.148. The molecule has 144 valence electrons. The minimum atomic E-state index is -0.103. The maximum atomic E-state index is 12.1. The normalized spacial score (nSPS) is 21.6. The highest BCUT2D eigenvalue weighted by molar-refractivity contribution is 5.72. The van der Waals surface area contributed by atoms with E-state index in [0.29, 0.717) is 18.4 Å². The summed E-state index contributed by atoms with van der Waals surface area (Å²) in [5.74, 6) is 0.513. The third kappa shape index (κ3) is 5.20. The third-order valence-electron chi connectivity index (χ3n) is 5.90. The van der Waals surface area contributed by atoms with Crippen molar-refractivity contribution in [2.45, 2.75) is 45.3 Å². The van der Waals surface area contributed by atoms with E-state index >= 15 is 0 Å². The fourth-order valence-corrected chi connectivity index (χ4v) is 4.42. The van der Waals surface area contributed by atoms with Crippen molar-refractivity contribution in [1.82, 2.24) is 0 Å². The van der Waals surface area contributed by atoms with Crippen LogP contribution in [0.5, 0.6) is 0 Å². The van der Waals surface area contributed by atoms with Crippen LogP contribution in [0.3, 0.4) is 0 Å². The molecule has 1 saturated carbocycles. The fraction of sp³-hybridized carbons (Fsp3) is 0.458. The summed E-state index contributed by atoms with van der Waals surface area (Å²) in [6.07, 6.45) is 4.31. The van der Waals surface area contributed by atoms with Gasteiger partial charge in [-0.15, -0.1) is 0 Å². The van der Waals surface area contributed by atoms with Crippen molar-refractivity contribution in [1.29, 1.82) is 0 Å². The molecule has 3 heteroatoms. The van der Waals surface area contributed by atoms with Gasteiger partial charge in [0.1, 0.15) is 0 Å². The zero-order chi connectivity index (χ0) is 19.1. The van der Waals surface area contributed by atoms with Crippen LogP contribution in [0.25, 0.3) is 0 Å². The fourth-order valence-electron chi connectivity index (χ4n) is 4.42. The molecule has 3 rings (SSSR count). The molecule has 4 atom stereocenters. The van der Waals surface area contributed by atoms with Crippen LogP contribution in [0.4, 0.5) is 0 Å². The smallest absolute Gasteiger partial charge is 0.308 e. The largest absolute Gasteiger partial charge is 0.469 e. The Bertz CT molecular complexity index is 698. The maximum absolute atomic E-state index is 12.1. The summed E-state index contributed by atoms with van der Waals surface area (Å²) in [6.45, 7) is 2.61. The first-order chi connectivity index (χ1) is 13.2. The topological polar surface area (TPSA) is 35.5 Å². The van der Waals surface area contributed by atoms with Crippen molar-refractivity contribution >= 4 is 5.97 Å². The Kier molecular flexibility index (Phi) is 7.05. The van der Waals surface area contributed by atoms with Crippen LogP contribution >= 0.6 is 0 Å². The molecule has 0 unspecified atom stereocenters. The Balaban J connectivity index is 1.76. The molecule has 0 heterocycles. The van der Waals surface area contributed by atoms with Gasteiger partial charge in [-0.25, -0.2) is 0 Å². The first-order valence-electron chi connectivity index (χ1n) is 9.96. The molecule has 0 radical (unpaired) electrons. The van der Waals surface area contributed by atoms with E-state index in [1.807, 2.05) is 31.2 Å². The monoisotopic (exact) mass is 366 g/mol. The lowest BCUT2D eigenvalue weighted by Crippen LogP contribution is -2.34. The number of hydrogen-bond donors (Lipinski definition) is 0. The molecule has 1 aliphatic carbocycles. The Labute approximate surface area is 162 Å². The zero-order valence-electron chi connectivity index (χ0n) is 16.3. The molecular formula is C24H30O3. The van der Waals surface area contributed by atoms with E-state index in [4.69, 9.17) is 9.47 Å². The molecule has 0 aliphatic heterocycles. The minimum absolute atomic E-state index is 0.0823. The van der Waals surface area contributed by atoms with Gasteiger partial charge in [0.15, 0.2) is 0 Å². The number of hydrogen-bond acceptors (Lipinski definition) is 3. The molecule has 0 N–H and O–H groups in total. The van der Waals surface area contributed by atoms with Crippen molar-refractivity contribution in [3.05, 3.63) is 71.8 Å².